The molecule has 0 radical (unpaired) electrons. The van der Waals surface area contributed by atoms with Crippen LogP contribution in [0.3, 0.4) is 0 Å². The van der Waals surface area contributed by atoms with Gasteiger partial charge in [0.05, 0.1) is 6.61 Å². The molecule has 2 rings (SSSR count). The molecule has 0 spiro atoms. The van der Waals surface area contributed by atoms with Gasteiger partial charge in [0.25, 0.3) is 0 Å². The van der Waals surface area contributed by atoms with Crippen LogP contribution in [0.1, 0.15) is 18.4 Å². The quantitative estimate of drug-likeness (QED) is 0.801. The summed E-state index contributed by atoms with van der Waals surface area (Å²) >= 11 is 0. The summed E-state index contributed by atoms with van der Waals surface area (Å²) in [7, 11) is 3.86. The first kappa shape index (κ1) is 13.2. The minimum absolute atomic E-state index is 0.564. The van der Waals surface area contributed by atoms with E-state index in [-0.39, 0.29) is 0 Å². The minimum atomic E-state index is 0.564. The maximum absolute atomic E-state index is 6.01. The fraction of sp³-hybridized carbons (Fsp3) is 0.571. The molecule has 1 saturated heterocycles. The lowest BCUT2D eigenvalue weighted by molar-refractivity contribution is 0.185. The fourth-order valence-corrected chi connectivity index (χ4v) is 2.36. The molecule has 4 nitrogen and oxygen atoms in total. The lowest BCUT2D eigenvalue weighted by Gasteiger charge is -2.30. The Balaban J connectivity index is 1.95. The molecule has 4 heteroatoms. The van der Waals surface area contributed by atoms with Crippen LogP contribution in [-0.2, 0) is 11.3 Å². The second-order valence-electron chi connectivity index (χ2n) is 5.07. The number of ether oxygens (including phenoxy) is 1. The zero-order valence-corrected chi connectivity index (χ0v) is 11.3. The van der Waals surface area contributed by atoms with Crippen LogP contribution >= 0.6 is 0 Å². The van der Waals surface area contributed by atoms with E-state index in [2.05, 4.69) is 23.3 Å². The molecule has 1 aromatic rings. The number of hydrogen-bond acceptors (Lipinski definition) is 4. The third-order valence-corrected chi connectivity index (χ3v) is 3.54. The number of anilines is 2. The van der Waals surface area contributed by atoms with Crippen LogP contribution in [-0.4, -0.2) is 38.2 Å². The molecule has 1 aliphatic heterocycles. The fourth-order valence-electron chi connectivity index (χ4n) is 2.36. The van der Waals surface area contributed by atoms with Gasteiger partial charge in [-0.25, -0.2) is 0 Å². The summed E-state index contributed by atoms with van der Waals surface area (Å²) in [6.07, 6.45) is 2.38. The molecule has 0 aliphatic carbocycles. The Labute approximate surface area is 109 Å². The molecular formula is C14H23N3O. The normalized spacial score (nSPS) is 17.9. The molecule has 1 aliphatic rings. The van der Waals surface area contributed by atoms with Crippen molar-refractivity contribution in [3.63, 3.8) is 0 Å². The van der Waals surface area contributed by atoms with Crippen LogP contribution in [0.15, 0.2) is 18.2 Å². The number of nitrogens with two attached hydrogens (primary N) is 1. The highest BCUT2D eigenvalue weighted by Gasteiger charge is 2.16. The number of nitrogen functional groups attached to an aromatic ring is 1. The molecule has 0 saturated carbocycles. The second kappa shape index (κ2) is 6.07. The van der Waals surface area contributed by atoms with Gasteiger partial charge in [0.1, 0.15) is 0 Å². The zero-order valence-electron chi connectivity index (χ0n) is 11.3. The standard InChI is InChI=1S/C14H23N3O/c1-17-7-5-12(6-8-17)16-13-4-3-11(10-18-2)14(15)9-13/h3-4,9,12,16H,5-8,10,15H2,1-2H3. The molecule has 0 amide bonds. The molecule has 1 aromatic carbocycles. The van der Waals surface area contributed by atoms with Gasteiger partial charge in [-0.3, -0.25) is 0 Å². The summed E-state index contributed by atoms with van der Waals surface area (Å²) in [6, 6.07) is 6.69. The van der Waals surface area contributed by atoms with Crippen molar-refractivity contribution in [2.75, 3.05) is 38.3 Å². The van der Waals surface area contributed by atoms with Gasteiger partial charge >= 0.3 is 0 Å². The summed E-state index contributed by atoms with van der Waals surface area (Å²) in [6.45, 7) is 2.89. The van der Waals surface area contributed by atoms with E-state index >= 15 is 0 Å². The van der Waals surface area contributed by atoms with Crippen LogP contribution in [0.4, 0.5) is 11.4 Å². The van der Waals surface area contributed by atoms with E-state index < -0.39 is 0 Å². The molecule has 0 unspecified atom stereocenters. The molecule has 1 heterocycles. The van der Waals surface area contributed by atoms with E-state index in [0.717, 1.165) is 30.0 Å². The maximum Gasteiger partial charge on any atom is 0.0733 e. The number of nitrogens with zero attached hydrogens (tertiary/aromatic N) is 1. The zero-order chi connectivity index (χ0) is 13.0. The summed E-state index contributed by atoms with van der Waals surface area (Å²) < 4.78 is 5.10. The van der Waals surface area contributed by atoms with Gasteiger partial charge in [0.2, 0.25) is 0 Å². The molecule has 1 fully saturated rings. The number of methoxy groups -OCH3 is 1. The number of hydrogen-bond donors (Lipinski definition) is 2. The highest BCUT2D eigenvalue weighted by atomic mass is 16.5. The lowest BCUT2D eigenvalue weighted by atomic mass is 10.0. The number of benzene rings is 1. The Morgan fingerprint density at radius 1 is 1.39 bits per heavy atom. The summed E-state index contributed by atoms with van der Waals surface area (Å²) in [5.41, 5.74) is 8.97. The predicted octanol–water partition coefficient (Wildman–Crippen LogP) is 1.92. The van der Waals surface area contributed by atoms with Gasteiger partial charge in [-0.2, -0.15) is 0 Å². The summed E-state index contributed by atoms with van der Waals surface area (Å²) in [4.78, 5) is 2.37. The van der Waals surface area contributed by atoms with Crippen molar-refractivity contribution in [2.24, 2.45) is 0 Å². The SMILES string of the molecule is COCc1ccc(NC2CCN(C)CC2)cc1N. The van der Waals surface area contributed by atoms with Gasteiger partial charge in [-0.1, -0.05) is 6.07 Å². The van der Waals surface area contributed by atoms with Gasteiger partial charge in [-0.05, 0) is 45.1 Å². The average molecular weight is 249 g/mol. The molecule has 3 N–H and O–H groups in total. The first-order valence-corrected chi connectivity index (χ1v) is 6.51. The van der Waals surface area contributed by atoms with Gasteiger partial charge < -0.3 is 20.7 Å². The topological polar surface area (TPSA) is 50.5 Å². The van der Waals surface area contributed by atoms with Gasteiger partial charge in [0, 0.05) is 30.1 Å². The minimum Gasteiger partial charge on any atom is -0.398 e. The molecule has 0 bridgehead atoms. The smallest absolute Gasteiger partial charge is 0.0733 e. The Kier molecular flexibility index (Phi) is 4.44. The molecule has 0 aromatic heterocycles. The van der Waals surface area contributed by atoms with Crippen molar-refractivity contribution in [2.45, 2.75) is 25.5 Å². The van der Waals surface area contributed by atoms with E-state index in [9.17, 15) is 0 Å². The van der Waals surface area contributed by atoms with E-state index in [1.165, 1.54) is 12.8 Å². The third kappa shape index (κ3) is 3.37. The molecule has 0 atom stereocenters. The Hall–Kier alpha value is -1.26. The highest BCUT2D eigenvalue weighted by Crippen LogP contribution is 2.21. The van der Waals surface area contributed by atoms with Crippen LogP contribution in [0.25, 0.3) is 0 Å². The van der Waals surface area contributed by atoms with Crippen molar-refractivity contribution in [1.82, 2.24) is 4.90 Å². The largest absolute Gasteiger partial charge is 0.398 e. The first-order chi connectivity index (χ1) is 8.69. The van der Waals surface area contributed by atoms with Crippen molar-refractivity contribution in [1.29, 1.82) is 0 Å². The van der Waals surface area contributed by atoms with Crippen molar-refractivity contribution in [3.8, 4) is 0 Å². The van der Waals surface area contributed by atoms with E-state index in [4.69, 9.17) is 10.5 Å². The van der Waals surface area contributed by atoms with Crippen molar-refractivity contribution in [3.05, 3.63) is 23.8 Å². The second-order valence-corrected chi connectivity index (χ2v) is 5.07. The monoisotopic (exact) mass is 249 g/mol. The predicted molar refractivity (Wildman–Crippen MR) is 75.7 cm³/mol. The Bertz CT molecular complexity index is 387. The van der Waals surface area contributed by atoms with Crippen molar-refractivity contribution < 1.29 is 4.74 Å². The summed E-state index contributed by atoms with van der Waals surface area (Å²) in [5.74, 6) is 0. The van der Waals surface area contributed by atoms with Crippen LogP contribution in [0.2, 0.25) is 0 Å². The van der Waals surface area contributed by atoms with Gasteiger partial charge in [0.15, 0.2) is 0 Å². The molecule has 18 heavy (non-hydrogen) atoms. The average Bonchev–Trinajstić information content (AvgIpc) is 2.36. The Morgan fingerprint density at radius 3 is 2.72 bits per heavy atom. The molecule has 100 valence electrons. The Morgan fingerprint density at radius 2 is 2.11 bits per heavy atom. The lowest BCUT2D eigenvalue weighted by Crippen LogP contribution is -2.36. The summed E-state index contributed by atoms with van der Waals surface area (Å²) in [5, 5.41) is 3.56. The number of rotatable bonds is 4. The number of nitrogens with one attached hydrogen (secondary N) is 1. The van der Waals surface area contributed by atoms with Crippen molar-refractivity contribution >= 4 is 11.4 Å². The highest BCUT2D eigenvalue weighted by molar-refractivity contribution is 5.59. The molecular weight excluding hydrogens is 226 g/mol. The number of likely N-dealkylation sites (tertiary alicyclic amines) is 1. The van der Waals surface area contributed by atoms with Crippen LogP contribution < -0.4 is 11.1 Å². The van der Waals surface area contributed by atoms with E-state index in [1.807, 2.05) is 12.1 Å². The number of piperidine rings is 1. The third-order valence-electron chi connectivity index (χ3n) is 3.54. The van der Waals surface area contributed by atoms with E-state index in [0.29, 0.717) is 12.6 Å². The van der Waals surface area contributed by atoms with E-state index in [1.54, 1.807) is 7.11 Å². The van der Waals surface area contributed by atoms with Gasteiger partial charge in [-0.15, -0.1) is 0 Å². The van der Waals surface area contributed by atoms with Crippen LogP contribution in [0, 0.1) is 0 Å². The van der Waals surface area contributed by atoms with Crippen LogP contribution in [0.5, 0.6) is 0 Å². The first-order valence-electron chi connectivity index (χ1n) is 6.51. The maximum atomic E-state index is 6.01.